The van der Waals surface area contributed by atoms with Crippen molar-refractivity contribution < 1.29 is 19.4 Å². The second-order valence-electron chi connectivity index (χ2n) is 2.10. The highest BCUT2D eigenvalue weighted by molar-refractivity contribution is 5.69. The molecule has 0 rings (SSSR count). The van der Waals surface area contributed by atoms with Gasteiger partial charge in [0.2, 0.25) is 0 Å². The molecule has 0 aromatic heterocycles. The van der Waals surface area contributed by atoms with Crippen molar-refractivity contribution >= 4 is 5.97 Å². The Hall–Kier alpha value is -0.640. The Kier molecular flexibility index (Phi) is 4.84. The van der Waals surface area contributed by atoms with Gasteiger partial charge in [0.1, 0.15) is 0 Å². The molecule has 0 fully saturated rings. The third-order valence-electron chi connectivity index (χ3n) is 1.11. The van der Waals surface area contributed by atoms with Crippen molar-refractivity contribution in [2.24, 2.45) is 0 Å². The van der Waals surface area contributed by atoms with E-state index >= 15 is 0 Å². The first-order valence-corrected chi connectivity index (χ1v) is 3.20. The van der Waals surface area contributed by atoms with Gasteiger partial charge >= 0.3 is 5.97 Å². The fourth-order valence-electron chi connectivity index (χ4n) is 0.659. The van der Waals surface area contributed by atoms with E-state index in [9.17, 15) is 9.32 Å². The number of aliphatic hydroxyl groups is 1. The Morgan fingerprint density at radius 2 is 2.40 bits per heavy atom. The van der Waals surface area contributed by atoms with Crippen LogP contribution in [0.2, 0.25) is 0 Å². The van der Waals surface area contributed by atoms with Crippen LogP contribution in [0.15, 0.2) is 0 Å². The second-order valence-corrected chi connectivity index (χ2v) is 2.10. The third kappa shape index (κ3) is 4.26. The van der Waals surface area contributed by atoms with E-state index in [2.05, 4.69) is 4.94 Å². The van der Waals surface area contributed by atoms with Crippen LogP contribution in [-0.2, 0) is 9.74 Å². The number of carbonyl (C=O) groups excluding carboxylic acids is 1. The Morgan fingerprint density at radius 1 is 1.80 bits per heavy atom. The molecule has 1 N–H and O–H groups in total. The van der Waals surface area contributed by atoms with Crippen molar-refractivity contribution in [3.05, 3.63) is 0 Å². The highest BCUT2D eigenvalue weighted by Gasteiger charge is 2.10. The van der Waals surface area contributed by atoms with E-state index in [1.807, 2.05) is 6.92 Å². The smallest absolute Gasteiger partial charge is 0.351 e. The minimum Gasteiger partial charge on any atom is -0.393 e. The molecule has 0 bridgehead atoms. The standard InChI is InChI=1S/C6H11FO3/c1-2-3-5(8)4-6(9)10-7/h5,8H,2-4H2,1H3. The summed E-state index contributed by atoms with van der Waals surface area (Å²) in [4.78, 5) is 13.0. The van der Waals surface area contributed by atoms with Gasteiger partial charge in [0.25, 0.3) is 0 Å². The van der Waals surface area contributed by atoms with Crippen LogP contribution < -0.4 is 0 Å². The molecule has 0 spiro atoms. The summed E-state index contributed by atoms with van der Waals surface area (Å²) in [5.74, 6) is -1.01. The molecule has 0 saturated carbocycles. The molecule has 0 aliphatic rings. The van der Waals surface area contributed by atoms with Crippen molar-refractivity contribution in [1.29, 1.82) is 0 Å². The largest absolute Gasteiger partial charge is 0.393 e. The molecule has 1 atom stereocenters. The minimum absolute atomic E-state index is 0.260. The van der Waals surface area contributed by atoms with Crippen LogP contribution in [-0.4, -0.2) is 17.2 Å². The van der Waals surface area contributed by atoms with Crippen molar-refractivity contribution in [1.82, 2.24) is 0 Å². The van der Waals surface area contributed by atoms with Gasteiger partial charge in [-0.25, -0.2) is 4.79 Å². The Morgan fingerprint density at radius 3 is 2.80 bits per heavy atom. The van der Waals surface area contributed by atoms with Gasteiger partial charge in [-0.2, -0.15) is 0 Å². The molecule has 0 saturated heterocycles. The first kappa shape index (κ1) is 9.36. The first-order chi connectivity index (χ1) is 4.70. The van der Waals surface area contributed by atoms with Crippen molar-refractivity contribution in [3.8, 4) is 0 Å². The van der Waals surface area contributed by atoms with Crippen molar-refractivity contribution in [3.63, 3.8) is 0 Å². The van der Waals surface area contributed by atoms with Crippen LogP contribution in [0.3, 0.4) is 0 Å². The maximum absolute atomic E-state index is 11.0. The molecule has 60 valence electrons. The van der Waals surface area contributed by atoms with Gasteiger partial charge in [0.05, 0.1) is 12.5 Å². The van der Waals surface area contributed by atoms with E-state index in [0.717, 1.165) is 6.42 Å². The molecular weight excluding hydrogens is 139 g/mol. The summed E-state index contributed by atoms with van der Waals surface area (Å²) in [7, 11) is 0. The van der Waals surface area contributed by atoms with Gasteiger partial charge in [0.15, 0.2) is 0 Å². The second kappa shape index (κ2) is 5.17. The lowest BCUT2D eigenvalue weighted by Gasteiger charge is -2.03. The summed E-state index contributed by atoms with van der Waals surface area (Å²) < 4.78 is 11.0. The van der Waals surface area contributed by atoms with Gasteiger partial charge in [-0.05, 0) is 6.42 Å². The Bertz CT molecular complexity index is 105. The number of carbonyl (C=O) groups is 1. The molecule has 0 heterocycles. The van der Waals surface area contributed by atoms with Crippen LogP contribution >= 0.6 is 0 Å². The first-order valence-electron chi connectivity index (χ1n) is 3.20. The van der Waals surface area contributed by atoms with E-state index < -0.39 is 12.1 Å². The predicted octanol–water partition coefficient (Wildman–Crippen LogP) is 0.965. The Labute approximate surface area is 58.7 Å². The third-order valence-corrected chi connectivity index (χ3v) is 1.11. The molecular formula is C6H11FO3. The fraction of sp³-hybridized carbons (Fsp3) is 0.833. The summed E-state index contributed by atoms with van der Waals surface area (Å²) in [6, 6.07) is 0. The lowest BCUT2D eigenvalue weighted by molar-refractivity contribution is -0.185. The molecule has 10 heavy (non-hydrogen) atoms. The van der Waals surface area contributed by atoms with Crippen LogP contribution in [0.4, 0.5) is 4.53 Å². The zero-order valence-electron chi connectivity index (χ0n) is 5.84. The number of rotatable bonds is 4. The van der Waals surface area contributed by atoms with Gasteiger partial charge in [0, 0.05) is 4.53 Å². The SMILES string of the molecule is CCCC(O)CC(=O)OF. The van der Waals surface area contributed by atoms with Crippen LogP contribution in [0.5, 0.6) is 0 Å². The topological polar surface area (TPSA) is 46.5 Å². The normalized spacial score (nSPS) is 12.7. The Balaban J connectivity index is 3.37. The van der Waals surface area contributed by atoms with Crippen LogP contribution in [0.1, 0.15) is 26.2 Å². The molecule has 0 amide bonds. The molecule has 3 nitrogen and oxygen atoms in total. The van der Waals surface area contributed by atoms with Gasteiger partial charge in [-0.1, -0.05) is 13.3 Å². The van der Waals surface area contributed by atoms with Gasteiger partial charge in [-0.15, -0.1) is 0 Å². The zero-order valence-corrected chi connectivity index (χ0v) is 5.84. The molecule has 4 heteroatoms. The van der Waals surface area contributed by atoms with E-state index in [4.69, 9.17) is 5.11 Å². The van der Waals surface area contributed by atoms with Gasteiger partial charge < -0.3 is 5.11 Å². The van der Waals surface area contributed by atoms with E-state index in [1.165, 1.54) is 0 Å². The quantitative estimate of drug-likeness (QED) is 0.649. The molecule has 0 aromatic rings. The van der Waals surface area contributed by atoms with Crippen LogP contribution in [0, 0.1) is 0 Å². The molecule has 0 aliphatic heterocycles. The zero-order chi connectivity index (χ0) is 7.98. The van der Waals surface area contributed by atoms with Gasteiger partial charge in [-0.3, -0.25) is 4.94 Å². The van der Waals surface area contributed by atoms with Crippen molar-refractivity contribution in [2.75, 3.05) is 0 Å². The molecule has 1 unspecified atom stereocenters. The number of aliphatic hydroxyl groups excluding tert-OH is 1. The maximum atomic E-state index is 11.0. The summed E-state index contributed by atoms with van der Waals surface area (Å²) in [6.07, 6.45) is 0.230. The maximum Gasteiger partial charge on any atom is 0.351 e. The lowest BCUT2D eigenvalue weighted by Crippen LogP contribution is -2.12. The summed E-state index contributed by atoms with van der Waals surface area (Å²) >= 11 is 0. The van der Waals surface area contributed by atoms with Crippen molar-refractivity contribution in [2.45, 2.75) is 32.3 Å². The minimum atomic E-state index is -1.01. The fourth-order valence-corrected chi connectivity index (χ4v) is 0.659. The summed E-state index contributed by atoms with van der Waals surface area (Å²) in [5, 5.41) is 8.88. The molecule has 0 aromatic carbocycles. The average molecular weight is 150 g/mol. The van der Waals surface area contributed by atoms with E-state index in [-0.39, 0.29) is 6.42 Å². The number of halogens is 1. The highest BCUT2D eigenvalue weighted by atomic mass is 19.3. The van der Waals surface area contributed by atoms with E-state index in [1.54, 1.807) is 0 Å². The number of hydrogen-bond acceptors (Lipinski definition) is 3. The van der Waals surface area contributed by atoms with Crippen LogP contribution in [0.25, 0.3) is 0 Å². The molecule has 0 aliphatic carbocycles. The highest BCUT2D eigenvalue weighted by Crippen LogP contribution is 2.02. The monoisotopic (exact) mass is 150 g/mol. The van der Waals surface area contributed by atoms with E-state index in [0.29, 0.717) is 6.42 Å². The lowest BCUT2D eigenvalue weighted by atomic mass is 10.1. The predicted molar refractivity (Wildman–Crippen MR) is 32.7 cm³/mol. The average Bonchev–Trinajstić information content (AvgIpc) is 1.88. The summed E-state index contributed by atoms with van der Waals surface area (Å²) in [6.45, 7) is 1.87. The molecule has 0 radical (unpaired) electrons. The summed E-state index contributed by atoms with van der Waals surface area (Å²) in [5.41, 5.74) is 0. The number of hydrogen-bond donors (Lipinski definition) is 1.